The molecule has 206 valence electrons. The molecule has 0 fully saturated rings. The number of Topliss-reactive ketones (excluding diaryl/α,β-unsaturated/α-hetero) is 1. The van der Waals surface area contributed by atoms with Gasteiger partial charge in [0.15, 0.2) is 5.78 Å². The van der Waals surface area contributed by atoms with E-state index in [-0.39, 0.29) is 52.0 Å². The fourth-order valence-corrected chi connectivity index (χ4v) is 4.40. The minimum Gasteiger partial charge on any atom is -0.507 e. The van der Waals surface area contributed by atoms with Crippen LogP contribution in [0.5, 0.6) is 23.1 Å². The number of carbonyl (C=O) groups is 3. The minimum atomic E-state index is -0.616. The molecule has 0 radical (unpaired) electrons. The van der Waals surface area contributed by atoms with Crippen LogP contribution in [-0.2, 0) is 20.1 Å². The standard InChI is InChI=1S/C31H30N2O7/c1-4-7-24-26(13-12-23(18(2)34)29(24)37)40-17-19-8-5-11-22(14-19)32-30(38)21-10-6-9-20(15-21)28(36)27-25(35)16-33(3)31(27)39/h5-6,8-16,35,37,39H,4,7,17H2,1-3H3,(H,32,38). The van der Waals surface area contributed by atoms with E-state index in [0.717, 1.165) is 12.0 Å². The molecule has 4 aromatic rings. The molecule has 4 N–H and O–H groups in total. The number of hydrogen-bond donors (Lipinski definition) is 4. The van der Waals surface area contributed by atoms with Crippen molar-refractivity contribution in [2.45, 2.75) is 33.3 Å². The predicted octanol–water partition coefficient (Wildman–Crippen LogP) is 5.36. The fourth-order valence-electron chi connectivity index (χ4n) is 4.40. The molecule has 0 saturated heterocycles. The quantitative estimate of drug-likeness (QED) is 0.198. The van der Waals surface area contributed by atoms with Crippen LogP contribution in [-0.4, -0.2) is 37.4 Å². The zero-order chi connectivity index (χ0) is 29.0. The Bertz CT molecular complexity index is 1600. The second-order valence-electron chi connectivity index (χ2n) is 9.42. The van der Waals surface area contributed by atoms with Gasteiger partial charge >= 0.3 is 0 Å². The molecule has 0 saturated carbocycles. The highest BCUT2D eigenvalue weighted by molar-refractivity contribution is 6.14. The molecule has 3 aromatic carbocycles. The number of phenols is 1. The largest absolute Gasteiger partial charge is 0.507 e. The number of benzene rings is 3. The zero-order valence-corrected chi connectivity index (χ0v) is 22.4. The number of aromatic nitrogens is 1. The third kappa shape index (κ3) is 5.83. The number of rotatable bonds is 10. The Morgan fingerprint density at radius 1 is 0.950 bits per heavy atom. The topological polar surface area (TPSA) is 138 Å². The lowest BCUT2D eigenvalue weighted by molar-refractivity contribution is 0.100. The summed E-state index contributed by atoms with van der Waals surface area (Å²) >= 11 is 0. The van der Waals surface area contributed by atoms with Crippen molar-refractivity contribution in [1.82, 2.24) is 4.57 Å². The summed E-state index contributed by atoms with van der Waals surface area (Å²) in [5.41, 5.74) is 2.20. The minimum absolute atomic E-state index is 0.0636. The van der Waals surface area contributed by atoms with Crippen molar-refractivity contribution < 1.29 is 34.4 Å². The Kier molecular flexibility index (Phi) is 8.23. The molecule has 0 atom stereocenters. The van der Waals surface area contributed by atoms with Gasteiger partial charge in [-0.2, -0.15) is 0 Å². The summed E-state index contributed by atoms with van der Waals surface area (Å²) in [6.45, 7) is 3.53. The number of amides is 1. The molecule has 0 aliphatic heterocycles. The van der Waals surface area contributed by atoms with Crippen molar-refractivity contribution >= 4 is 23.2 Å². The first-order valence-electron chi connectivity index (χ1n) is 12.7. The van der Waals surface area contributed by atoms with Crippen LogP contribution in [0.15, 0.2) is 66.9 Å². The van der Waals surface area contributed by atoms with Crippen LogP contribution >= 0.6 is 0 Å². The van der Waals surface area contributed by atoms with Gasteiger partial charge in [-0.1, -0.05) is 37.6 Å². The van der Waals surface area contributed by atoms with E-state index in [4.69, 9.17) is 4.74 Å². The summed E-state index contributed by atoms with van der Waals surface area (Å²) in [6.07, 6.45) is 2.53. The lowest BCUT2D eigenvalue weighted by Gasteiger charge is -2.15. The molecular formula is C31H30N2O7. The highest BCUT2D eigenvalue weighted by Gasteiger charge is 2.23. The molecule has 0 aliphatic carbocycles. The van der Waals surface area contributed by atoms with Crippen molar-refractivity contribution in [3.63, 3.8) is 0 Å². The number of aromatic hydroxyl groups is 3. The van der Waals surface area contributed by atoms with Crippen LogP contribution in [0.25, 0.3) is 0 Å². The van der Waals surface area contributed by atoms with Crippen LogP contribution in [0.2, 0.25) is 0 Å². The second kappa shape index (κ2) is 11.8. The third-order valence-corrected chi connectivity index (χ3v) is 6.44. The van der Waals surface area contributed by atoms with Crippen molar-refractivity contribution in [3.8, 4) is 23.1 Å². The van der Waals surface area contributed by atoms with E-state index in [1.807, 2.05) is 13.0 Å². The summed E-state index contributed by atoms with van der Waals surface area (Å²) < 4.78 is 7.20. The first-order valence-corrected chi connectivity index (χ1v) is 12.7. The summed E-state index contributed by atoms with van der Waals surface area (Å²) in [6, 6.07) is 16.3. The van der Waals surface area contributed by atoms with Crippen LogP contribution in [0, 0.1) is 0 Å². The number of ether oxygens (including phenoxy) is 1. The third-order valence-electron chi connectivity index (χ3n) is 6.44. The summed E-state index contributed by atoms with van der Waals surface area (Å²) in [4.78, 5) is 37.7. The van der Waals surface area contributed by atoms with Gasteiger partial charge < -0.3 is 29.9 Å². The van der Waals surface area contributed by atoms with Gasteiger partial charge in [-0.05, 0) is 55.3 Å². The number of carbonyl (C=O) groups excluding carboxylic acids is 3. The highest BCUT2D eigenvalue weighted by atomic mass is 16.5. The molecule has 0 unspecified atom stereocenters. The van der Waals surface area contributed by atoms with Gasteiger partial charge in [0, 0.05) is 35.6 Å². The normalized spacial score (nSPS) is 10.8. The Hall–Kier alpha value is -5.05. The van der Waals surface area contributed by atoms with Crippen molar-refractivity contribution in [2.75, 3.05) is 5.32 Å². The number of nitrogens with zero attached hydrogens (tertiary/aromatic N) is 1. The Morgan fingerprint density at radius 3 is 2.35 bits per heavy atom. The Morgan fingerprint density at radius 2 is 1.68 bits per heavy atom. The summed E-state index contributed by atoms with van der Waals surface area (Å²) in [7, 11) is 1.49. The van der Waals surface area contributed by atoms with Crippen molar-refractivity contribution in [3.05, 3.63) is 100 Å². The van der Waals surface area contributed by atoms with Gasteiger partial charge in [0.05, 0.1) is 5.56 Å². The molecular weight excluding hydrogens is 512 g/mol. The molecule has 4 rings (SSSR count). The van der Waals surface area contributed by atoms with E-state index < -0.39 is 11.7 Å². The Balaban J connectivity index is 1.48. The maximum absolute atomic E-state index is 13.0. The number of nitrogens with one attached hydrogen (secondary N) is 1. The van der Waals surface area contributed by atoms with E-state index in [2.05, 4.69) is 5.32 Å². The molecule has 1 heterocycles. The molecule has 1 amide bonds. The molecule has 0 spiro atoms. The molecule has 0 bridgehead atoms. The van der Waals surface area contributed by atoms with E-state index in [1.165, 1.54) is 36.9 Å². The molecule has 9 nitrogen and oxygen atoms in total. The zero-order valence-electron chi connectivity index (χ0n) is 22.4. The smallest absolute Gasteiger partial charge is 0.255 e. The van der Waals surface area contributed by atoms with Gasteiger partial charge in [0.1, 0.15) is 29.4 Å². The van der Waals surface area contributed by atoms with Gasteiger partial charge in [-0.15, -0.1) is 0 Å². The van der Waals surface area contributed by atoms with Gasteiger partial charge in [-0.25, -0.2) is 0 Å². The first-order chi connectivity index (χ1) is 19.1. The molecule has 1 aromatic heterocycles. The average Bonchev–Trinajstić information content (AvgIpc) is 3.19. The fraction of sp³-hybridized carbons (Fsp3) is 0.194. The SMILES string of the molecule is CCCc1c(OCc2cccc(NC(=O)c3cccc(C(=O)c4c(O)cn(C)c4O)c3)c2)ccc(C(C)=O)c1O. The maximum atomic E-state index is 13.0. The second-order valence-corrected chi connectivity index (χ2v) is 9.42. The number of aryl methyl sites for hydroxylation is 1. The van der Waals surface area contributed by atoms with Gasteiger partial charge in [0.25, 0.3) is 5.91 Å². The Labute approximate surface area is 231 Å². The lowest BCUT2D eigenvalue weighted by Crippen LogP contribution is -2.13. The van der Waals surface area contributed by atoms with Gasteiger partial charge in [-0.3, -0.25) is 14.4 Å². The van der Waals surface area contributed by atoms with E-state index in [9.17, 15) is 29.7 Å². The summed E-state index contributed by atoms with van der Waals surface area (Å²) in [5, 5.41) is 33.5. The molecule has 40 heavy (non-hydrogen) atoms. The van der Waals surface area contributed by atoms with Crippen LogP contribution in [0.4, 0.5) is 5.69 Å². The molecule has 0 aliphatic rings. The lowest BCUT2D eigenvalue weighted by atomic mass is 10.0. The van der Waals surface area contributed by atoms with Gasteiger partial charge in [0.2, 0.25) is 11.7 Å². The van der Waals surface area contributed by atoms with E-state index in [1.54, 1.807) is 42.5 Å². The highest BCUT2D eigenvalue weighted by Crippen LogP contribution is 2.34. The maximum Gasteiger partial charge on any atom is 0.255 e. The van der Waals surface area contributed by atoms with Crippen LogP contribution in [0.3, 0.4) is 0 Å². The van der Waals surface area contributed by atoms with Crippen LogP contribution in [0.1, 0.15) is 68.0 Å². The van der Waals surface area contributed by atoms with E-state index >= 15 is 0 Å². The number of ketones is 2. The predicted molar refractivity (Wildman–Crippen MR) is 149 cm³/mol. The van der Waals surface area contributed by atoms with Crippen LogP contribution < -0.4 is 10.1 Å². The number of hydrogen-bond acceptors (Lipinski definition) is 7. The molecule has 9 heteroatoms. The number of anilines is 1. The monoisotopic (exact) mass is 542 g/mol. The number of phenolic OH excluding ortho intramolecular Hbond substituents is 1. The van der Waals surface area contributed by atoms with Crippen molar-refractivity contribution in [2.24, 2.45) is 7.05 Å². The summed E-state index contributed by atoms with van der Waals surface area (Å²) in [5.74, 6) is -1.61. The first kappa shape index (κ1) is 28.0. The van der Waals surface area contributed by atoms with E-state index in [0.29, 0.717) is 23.4 Å². The average molecular weight is 543 g/mol. The van der Waals surface area contributed by atoms with Crippen molar-refractivity contribution in [1.29, 1.82) is 0 Å².